The van der Waals surface area contributed by atoms with Crippen molar-refractivity contribution in [3.8, 4) is 0 Å². The summed E-state index contributed by atoms with van der Waals surface area (Å²) in [6, 6.07) is 4.84. The van der Waals surface area contributed by atoms with Crippen molar-refractivity contribution in [1.29, 1.82) is 0 Å². The van der Waals surface area contributed by atoms with Crippen molar-refractivity contribution in [3.63, 3.8) is 0 Å². The van der Waals surface area contributed by atoms with E-state index in [-0.39, 0.29) is 0 Å². The average Bonchev–Trinajstić information content (AvgIpc) is 3.25. The van der Waals surface area contributed by atoms with Gasteiger partial charge in [-0.2, -0.15) is 4.98 Å². The molecule has 1 aliphatic heterocycles. The number of aromatic nitrogens is 3. The lowest BCUT2D eigenvalue weighted by Gasteiger charge is -2.29. The highest BCUT2D eigenvalue weighted by atomic mass is 15.4. The summed E-state index contributed by atoms with van der Waals surface area (Å²) >= 11 is 0. The Bertz CT molecular complexity index is 625. The smallest absolute Gasteiger partial charge is 0.245 e. The third kappa shape index (κ3) is 2.75. The Balaban J connectivity index is 1.59. The number of hydrogen-bond donors (Lipinski definition) is 1. The van der Waals surface area contributed by atoms with Crippen molar-refractivity contribution in [2.75, 3.05) is 24.5 Å². The number of fused-ring (bicyclic) bond motifs is 1. The van der Waals surface area contributed by atoms with Crippen LogP contribution in [0.4, 0.5) is 5.95 Å². The minimum absolute atomic E-state index is 0.658. The van der Waals surface area contributed by atoms with E-state index in [1.165, 1.54) is 37.8 Å². The van der Waals surface area contributed by atoms with Crippen LogP contribution in [0.3, 0.4) is 0 Å². The van der Waals surface area contributed by atoms with Crippen LogP contribution in [0.15, 0.2) is 18.3 Å². The molecule has 1 saturated heterocycles. The van der Waals surface area contributed by atoms with Gasteiger partial charge in [0.15, 0.2) is 5.65 Å². The van der Waals surface area contributed by atoms with Gasteiger partial charge >= 0.3 is 0 Å². The molecule has 2 aromatic heterocycles. The van der Waals surface area contributed by atoms with E-state index >= 15 is 0 Å². The fraction of sp³-hybridized carbons (Fsp3) is 0.625. The standard InChI is InChI=1S/C16H23N5/c1-12-6-8-21-15(9-12)18-16(19-21)20(14-4-5-14)11-13-3-2-7-17-10-13/h6,8-9,13-14,17H,2-5,7,10-11H2,1H3. The van der Waals surface area contributed by atoms with Crippen LogP contribution < -0.4 is 10.2 Å². The normalized spacial score (nSPS) is 22.6. The van der Waals surface area contributed by atoms with Gasteiger partial charge in [-0.25, -0.2) is 4.52 Å². The van der Waals surface area contributed by atoms with Crippen molar-refractivity contribution in [1.82, 2.24) is 19.9 Å². The summed E-state index contributed by atoms with van der Waals surface area (Å²) in [4.78, 5) is 7.20. The SMILES string of the molecule is Cc1ccn2nc(N(CC3CCCNC3)C3CC3)nc2c1. The first-order valence-electron chi connectivity index (χ1n) is 8.10. The van der Waals surface area contributed by atoms with Crippen LogP contribution >= 0.6 is 0 Å². The van der Waals surface area contributed by atoms with Gasteiger partial charge in [-0.1, -0.05) is 0 Å². The van der Waals surface area contributed by atoms with Crippen molar-refractivity contribution in [2.45, 2.75) is 38.6 Å². The molecule has 1 atom stereocenters. The quantitative estimate of drug-likeness (QED) is 0.933. The minimum atomic E-state index is 0.658. The van der Waals surface area contributed by atoms with Gasteiger partial charge in [-0.15, -0.1) is 5.10 Å². The molecule has 5 heteroatoms. The maximum Gasteiger partial charge on any atom is 0.245 e. The molecular formula is C16H23N5. The summed E-state index contributed by atoms with van der Waals surface area (Å²) in [6.07, 6.45) is 7.20. The van der Waals surface area contributed by atoms with E-state index in [1.807, 2.05) is 10.7 Å². The van der Waals surface area contributed by atoms with Crippen LogP contribution in [0.2, 0.25) is 0 Å². The van der Waals surface area contributed by atoms with Gasteiger partial charge in [0.2, 0.25) is 5.95 Å². The summed E-state index contributed by atoms with van der Waals surface area (Å²) in [5.74, 6) is 1.64. The van der Waals surface area contributed by atoms with Gasteiger partial charge in [0.05, 0.1) is 0 Å². The molecule has 2 aromatic rings. The third-order valence-corrected chi connectivity index (χ3v) is 4.58. The first-order valence-corrected chi connectivity index (χ1v) is 8.10. The number of piperidine rings is 1. The van der Waals surface area contributed by atoms with E-state index in [0.717, 1.165) is 30.6 Å². The highest BCUT2D eigenvalue weighted by molar-refractivity contribution is 5.47. The van der Waals surface area contributed by atoms with Crippen LogP contribution in [-0.4, -0.2) is 40.3 Å². The number of nitrogens with zero attached hydrogens (tertiary/aromatic N) is 4. The number of nitrogens with one attached hydrogen (secondary N) is 1. The van der Waals surface area contributed by atoms with Crippen molar-refractivity contribution >= 4 is 11.6 Å². The van der Waals surface area contributed by atoms with Crippen LogP contribution in [0.5, 0.6) is 0 Å². The molecule has 2 fully saturated rings. The summed E-state index contributed by atoms with van der Waals surface area (Å²) < 4.78 is 1.90. The third-order valence-electron chi connectivity index (χ3n) is 4.58. The van der Waals surface area contributed by atoms with Crippen LogP contribution in [0, 0.1) is 12.8 Å². The molecule has 0 spiro atoms. The number of anilines is 1. The first kappa shape index (κ1) is 13.1. The van der Waals surface area contributed by atoms with Gasteiger partial charge in [-0.05, 0) is 69.3 Å². The topological polar surface area (TPSA) is 45.5 Å². The Morgan fingerprint density at radius 1 is 1.38 bits per heavy atom. The first-order chi connectivity index (χ1) is 10.3. The van der Waals surface area contributed by atoms with Gasteiger partial charge < -0.3 is 10.2 Å². The van der Waals surface area contributed by atoms with E-state index in [9.17, 15) is 0 Å². The molecule has 0 bridgehead atoms. The molecular weight excluding hydrogens is 262 g/mol. The summed E-state index contributed by atoms with van der Waals surface area (Å²) in [6.45, 7) is 5.50. The summed E-state index contributed by atoms with van der Waals surface area (Å²) in [5.41, 5.74) is 2.19. The zero-order valence-electron chi connectivity index (χ0n) is 12.6. The fourth-order valence-electron chi connectivity index (χ4n) is 3.23. The summed E-state index contributed by atoms with van der Waals surface area (Å²) in [7, 11) is 0. The Kier molecular flexibility index (Phi) is 3.30. The molecule has 0 amide bonds. The number of pyridine rings is 1. The molecule has 0 aromatic carbocycles. The van der Waals surface area contributed by atoms with Crippen LogP contribution in [0.1, 0.15) is 31.2 Å². The maximum atomic E-state index is 4.76. The Morgan fingerprint density at radius 2 is 2.29 bits per heavy atom. The lowest BCUT2D eigenvalue weighted by Crippen LogP contribution is -2.39. The van der Waals surface area contributed by atoms with E-state index in [1.54, 1.807) is 0 Å². The average molecular weight is 285 g/mol. The van der Waals surface area contributed by atoms with Crippen molar-refractivity contribution < 1.29 is 0 Å². The monoisotopic (exact) mass is 285 g/mol. The fourth-order valence-corrected chi connectivity index (χ4v) is 3.23. The zero-order chi connectivity index (χ0) is 14.2. The highest BCUT2D eigenvalue weighted by Gasteiger charge is 2.33. The maximum absolute atomic E-state index is 4.76. The second kappa shape index (κ2) is 5.30. The van der Waals surface area contributed by atoms with Crippen molar-refractivity contribution in [2.24, 2.45) is 5.92 Å². The van der Waals surface area contributed by atoms with E-state index in [4.69, 9.17) is 10.1 Å². The van der Waals surface area contributed by atoms with E-state index in [2.05, 4.69) is 29.3 Å². The molecule has 1 saturated carbocycles. The van der Waals surface area contributed by atoms with E-state index in [0.29, 0.717) is 6.04 Å². The Morgan fingerprint density at radius 3 is 3.05 bits per heavy atom. The van der Waals surface area contributed by atoms with Gasteiger partial charge in [0, 0.05) is 18.8 Å². The Labute approximate surface area is 125 Å². The lowest BCUT2D eigenvalue weighted by molar-refractivity contribution is 0.374. The van der Waals surface area contributed by atoms with Gasteiger partial charge in [0.1, 0.15) is 0 Å². The molecule has 0 radical (unpaired) electrons. The zero-order valence-corrected chi connectivity index (χ0v) is 12.6. The van der Waals surface area contributed by atoms with Crippen LogP contribution in [0.25, 0.3) is 5.65 Å². The predicted octanol–water partition coefficient (Wildman–Crippen LogP) is 2.01. The molecule has 3 heterocycles. The number of aryl methyl sites for hydroxylation is 1. The summed E-state index contributed by atoms with van der Waals surface area (Å²) in [5, 5.41) is 8.20. The molecule has 1 N–H and O–H groups in total. The molecule has 112 valence electrons. The molecule has 4 rings (SSSR count). The second-order valence-electron chi connectivity index (χ2n) is 6.51. The molecule has 21 heavy (non-hydrogen) atoms. The predicted molar refractivity (Wildman–Crippen MR) is 83.7 cm³/mol. The highest BCUT2D eigenvalue weighted by Crippen LogP contribution is 2.31. The van der Waals surface area contributed by atoms with Gasteiger partial charge in [-0.3, -0.25) is 0 Å². The molecule has 5 nitrogen and oxygen atoms in total. The largest absolute Gasteiger partial charge is 0.336 e. The molecule has 2 aliphatic rings. The Hall–Kier alpha value is -1.62. The van der Waals surface area contributed by atoms with Crippen LogP contribution in [-0.2, 0) is 0 Å². The van der Waals surface area contributed by atoms with E-state index < -0.39 is 0 Å². The van der Waals surface area contributed by atoms with Crippen molar-refractivity contribution in [3.05, 3.63) is 23.9 Å². The molecule has 1 aliphatic carbocycles. The number of rotatable bonds is 4. The molecule has 1 unspecified atom stereocenters. The second-order valence-corrected chi connectivity index (χ2v) is 6.51. The van der Waals surface area contributed by atoms with Gasteiger partial charge in [0.25, 0.3) is 0 Å². The number of hydrogen-bond acceptors (Lipinski definition) is 4. The lowest BCUT2D eigenvalue weighted by atomic mass is 9.99. The minimum Gasteiger partial charge on any atom is -0.336 e.